The molecule has 6 nitrogen and oxygen atoms in total. The van der Waals surface area contributed by atoms with Crippen molar-refractivity contribution in [3.63, 3.8) is 0 Å². The van der Waals surface area contributed by atoms with Gasteiger partial charge < -0.3 is 0 Å². The lowest BCUT2D eigenvalue weighted by Gasteiger charge is -2.10. The normalized spacial score (nSPS) is 11.3. The molecule has 2 heterocycles. The molecule has 2 aromatic heterocycles. The van der Waals surface area contributed by atoms with Gasteiger partial charge in [0.1, 0.15) is 0 Å². The van der Waals surface area contributed by atoms with E-state index in [9.17, 15) is 8.42 Å². The third-order valence-electron chi connectivity index (χ3n) is 2.97. The third-order valence-corrected chi connectivity index (χ3v) is 4.65. The molecule has 2 N–H and O–H groups in total. The molecule has 0 aliphatic carbocycles. The van der Waals surface area contributed by atoms with Gasteiger partial charge in [0.2, 0.25) is 0 Å². The summed E-state index contributed by atoms with van der Waals surface area (Å²) in [7, 11) is -3.72. The first-order chi connectivity index (χ1) is 10.6. The van der Waals surface area contributed by atoms with Crippen molar-refractivity contribution in [3.05, 3.63) is 60.1 Å². The van der Waals surface area contributed by atoms with Crippen molar-refractivity contribution in [3.8, 4) is 11.1 Å². The maximum absolute atomic E-state index is 12.3. The van der Waals surface area contributed by atoms with Crippen molar-refractivity contribution in [1.82, 2.24) is 15.2 Å². The van der Waals surface area contributed by atoms with Crippen molar-refractivity contribution in [2.75, 3.05) is 4.72 Å². The van der Waals surface area contributed by atoms with Crippen LogP contribution in [0.5, 0.6) is 0 Å². The van der Waals surface area contributed by atoms with Gasteiger partial charge in [-0.2, -0.15) is 5.10 Å². The van der Waals surface area contributed by atoms with Crippen LogP contribution in [-0.4, -0.2) is 23.6 Å². The van der Waals surface area contributed by atoms with Crippen LogP contribution < -0.4 is 4.72 Å². The Morgan fingerprint density at radius 2 is 1.86 bits per heavy atom. The van der Waals surface area contributed by atoms with E-state index < -0.39 is 10.0 Å². The van der Waals surface area contributed by atoms with Crippen molar-refractivity contribution in [2.24, 2.45) is 0 Å². The molecular formula is C14H11ClN4O2S. The number of hydrogen-bond acceptors (Lipinski definition) is 4. The van der Waals surface area contributed by atoms with Crippen LogP contribution in [0.1, 0.15) is 0 Å². The third kappa shape index (κ3) is 2.95. The Kier molecular flexibility index (Phi) is 3.82. The van der Waals surface area contributed by atoms with Gasteiger partial charge in [0.25, 0.3) is 10.0 Å². The molecule has 0 aliphatic rings. The molecule has 0 saturated carbocycles. The van der Waals surface area contributed by atoms with E-state index in [2.05, 4.69) is 19.9 Å². The summed E-state index contributed by atoms with van der Waals surface area (Å²) in [6.45, 7) is 0. The number of nitrogens with zero attached hydrogens (tertiary/aromatic N) is 2. The van der Waals surface area contributed by atoms with Gasteiger partial charge in [-0.15, -0.1) is 0 Å². The Hall–Kier alpha value is -2.38. The van der Waals surface area contributed by atoms with Gasteiger partial charge >= 0.3 is 0 Å². The molecule has 0 radical (unpaired) electrons. The minimum absolute atomic E-state index is 0.0757. The number of aromatic nitrogens is 3. The van der Waals surface area contributed by atoms with Gasteiger partial charge in [-0.05, 0) is 18.2 Å². The Morgan fingerprint density at radius 1 is 1.09 bits per heavy atom. The molecule has 0 fully saturated rings. The molecule has 22 heavy (non-hydrogen) atoms. The van der Waals surface area contributed by atoms with Crippen molar-refractivity contribution in [2.45, 2.75) is 4.90 Å². The molecular weight excluding hydrogens is 324 g/mol. The highest BCUT2D eigenvalue weighted by Gasteiger charge is 2.16. The number of anilines is 1. The van der Waals surface area contributed by atoms with Gasteiger partial charge in [0.15, 0.2) is 5.15 Å². The Bertz CT molecular complexity index is 880. The number of nitrogens with one attached hydrogen (secondary N) is 2. The number of pyridine rings is 1. The fourth-order valence-electron chi connectivity index (χ4n) is 1.89. The lowest BCUT2D eigenvalue weighted by molar-refractivity contribution is 0.601. The number of hydrogen-bond donors (Lipinski definition) is 2. The summed E-state index contributed by atoms with van der Waals surface area (Å²) in [5.41, 5.74) is 1.69. The molecule has 3 rings (SSSR count). The smallest absolute Gasteiger partial charge is 0.261 e. The summed E-state index contributed by atoms with van der Waals surface area (Å²) in [6, 6.07) is 9.66. The van der Waals surface area contributed by atoms with E-state index in [-0.39, 0.29) is 15.7 Å². The second-order valence-corrected chi connectivity index (χ2v) is 6.51. The van der Waals surface area contributed by atoms with Crippen LogP contribution >= 0.6 is 11.6 Å². The molecule has 3 aromatic rings. The largest absolute Gasteiger partial charge is 0.285 e. The quantitative estimate of drug-likeness (QED) is 0.718. The predicted molar refractivity (Wildman–Crippen MR) is 84.1 cm³/mol. The van der Waals surface area contributed by atoms with Gasteiger partial charge in [-0.3, -0.25) is 9.82 Å². The fraction of sp³-hybridized carbons (Fsp3) is 0. The van der Waals surface area contributed by atoms with Gasteiger partial charge in [0, 0.05) is 23.5 Å². The summed E-state index contributed by atoms with van der Waals surface area (Å²) in [4.78, 5) is 4.16. The van der Waals surface area contributed by atoms with Crippen LogP contribution in [0.4, 0.5) is 5.69 Å². The average molecular weight is 335 g/mol. The van der Waals surface area contributed by atoms with E-state index >= 15 is 0 Å². The van der Waals surface area contributed by atoms with Crippen molar-refractivity contribution in [1.29, 1.82) is 0 Å². The van der Waals surface area contributed by atoms with Crippen LogP contribution in [0.15, 0.2) is 59.9 Å². The molecule has 0 amide bonds. The highest BCUT2D eigenvalue weighted by atomic mass is 35.5. The van der Waals surface area contributed by atoms with Crippen molar-refractivity contribution < 1.29 is 8.42 Å². The van der Waals surface area contributed by atoms with Gasteiger partial charge in [-0.1, -0.05) is 29.8 Å². The van der Waals surface area contributed by atoms with E-state index in [1.807, 2.05) is 0 Å². The molecule has 0 spiro atoms. The average Bonchev–Trinajstić information content (AvgIpc) is 3.04. The van der Waals surface area contributed by atoms with E-state index in [1.54, 1.807) is 42.9 Å². The molecule has 0 unspecified atom stereocenters. The molecule has 0 bridgehead atoms. The van der Waals surface area contributed by atoms with Crippen LogP contribution in [0.25, 0.3) is 11.1 Å². The number of H-pyrrole nitrogens is 1. The van der Waals surface area contributed by atoms with E-state index in [4.69, 9.17) is 11.6 Å². The first-order valence-corrected chi connectivity index (χ1v) is 8.15. The van der Waals surface area contributed by atoms with Gasteiger partial charge in [-0.25, -0.2) is 13.4 Å². The first kappa shape index (κ1) is 14.6. The highest BCUT2D eigenvalue weighted by Crippen LogP contribution is 2.27. The zero-order chi connectivity index (χ0) is 15.6. The summed E-state index contributed by atoms with van der Waals surface area (Å²) >= 11 is 5.99. The second kappa shape index (κ2) is 5.78. The lowest BCUT2D eigenvalue weighted by atomic mass is 10.1. The van der Waals surface area contributed by atoms with E-state index in [0.29, 0.717) is 5.56 Å². The topological polar surface area (TPSA) is 87.7 Å². The van der Waals surface area contributed by atoms with Crippen LogP contribution in [0, 0.1) is 0 Å². The number of halogens is 1. The minimum Gasteiger partial charge on any atom is -0.285 e. The molecule has 112 valence electrons. The standard InChI is InChI=1S/C14H11ClN4O2S/c15-14-13(6-10(7-16-14)11-8-17-18-9-11)19-22(20,21)12-4-2-1-3-5-12/h1-9,19H,(H,17,18). The molecule has 1 aromatic carbocycles. The zero-order valence-corrected chi connectivity index (χ0v) is 12.8. The summed E-state index contributed by atoms with van der Waals surface area (Å²) < 4.78 is 27.1. The van der Waals surface area contributed by atoms with Gasteiger partial charge in [0.05, 0.1) is 16.8 Å². The Labute approximate surface area is 132 Å². The number of aromatic amines is 1. The summed E-state index contributed by atoms with van der Waals surface area (Å²) in [5, 5.41) is 6.61. The minimum atomic E-state index is -3.72. The SMILES string of the molecule is O=S(=O)(Nc1cc(-c2cn[nH]c2)cnc1Cl)c1ccccc1. The molecule has 0 atom stereocenters. The van der Waals surface area contributed by atoms with Crippen LogP contribution in [-0.2, 0) is 10.0 Å². The number of sulfonamides is 1. The predicted octanol–water partition coefficient (Wildman–Crippen LogP) is 2.93. The van der Waals surface area contributed by atoms with Crippen LogP contribution in [0.2, 0.25) is 5.15 Å². The first-order valence-electron chi connectivity index (χ1n) is 6.29. The Morgan fingerprint density at radius 3 is 2.55 bits per heavy atom. The summed E-state index contributed by atoms with van der Waals surface area (Å²) in [5.74, 6) is 0. The lowest BCUT2D eigenvalue weighted by Crippen LogP contribution is -2.13. The highest BCUT2D eigenvalue weighted by molar-refractivity contribution is 7.92. The number of rotatable bonds is 4. The number of benzene rings is 1. The second-order valence-electron chi connectivity index (χ2n) is 4.47. The molecule has 0 aliphatic heterocycles. The summed E-state index contributed by atoms with van der Waals surface area (Å²) in [6.07, 6.45) is 4.84. The fourth-order valence-corrected chi connectivity index (χ4v) is 3.17. The Balaban J connectivity index is 1.97. The monoisotopic (exact) mass is 334 g/mol. The maximum Gasteiger partial charge on any atom is 0.261 e. The molecule has 8 heteroatoms. The van der Waals surface area contributed by atoms with E-state index in [0.717, 1.165) is 5.56 Å². The van der Waals surface area contributed by atoms with Crippen LogP contribution in [0.3, 0.4) is 0 Å². The molecule has 0 saturated heterocycles. The van der Waals surface area contributed by atoms with E-state index in [1.165, 1.54) is 12.1 Å². The maximum atomic E-state index is 12.3. The van der Waals surface area contributed by atoms with Crippen molar-refractivity contribution >= 4 is 27.3 Å². The zero-order valence-electron chi connectivity index (χ0n) is 11.2.